The molecule has 0 spiro atoms. The normalized spacial score (nSPS) is 45.8. The van der Waals surface area contributed by atoms with Crippen LogP contribution < -0.4 is 0 Å². The molecule has 4 atom stereocenters. The Labute approximate surface area is 63.2 Å². The molecule has 3 unspecified atom stereocenters. The van der Waals surface area contributed by atoms with Crippen LogP contribution in [-0.2, 0) is 4.74 Å². The second-order valence-electron chi connectivity index (χ2n) is 2.56. The largest absolute Gasteiger partial charge is 0.394 e. The first kappa shape index (κ1) is 8.86. The minimum absolute atomic E-state index is 0.141. The molecule has 1 rings (SSSR count). The lowest BCUT2D eigenvalue weighted by Gasteiger charge is -2.32. The summed E-state index contributed by atoms with van der Waals surface area (Å²) in [5.74, 6) is 0. The van der Waals surface area contributed by atoms with Gasteiger partial charge >= 0.3 is 0 Å². The number of rotatable bonds is 1. The topological polar surface area (TPSA) is 69.9 Å². The van der Waals surface area contributed by atoms with Crippen molar-refractivity contribution in [3.05, 3.63) is 0 Å². The second-order valence-corrected chi connectivity index (χ2v) is 2.56. The van der Waals surface area contributed by atoms with Gasteiger partial charge in [0, 0.05) is 6.42 Å². The molecular formula is C6H11FO4. The number of hydrogen-bond acceptors (Lipinski definition) is 4. The van der Waals surface area contributed by atoms with E-state index in [1.165, 1.54) is 0 Å². The van der Waals surface area contributed by atoms with E-state index < -0.39 is 31.3 Å². The average Bonchev–Trinajstić information content (AvgIpc) is 1.96. The van der Waals surface area contributed by atoms with E-state index in [4.69, 9.17) is 15.3 Å². The van der Waals surface area contributed by atoms with E-state index in [1.54, 1.807) is 0 Å². The summed E-state index contributed by atoms with van der Waals surface area (Å²) in [6, 6.07) is 0. The van der Waals surface area contributed by atoms with Crippen molar-refractivity contribution in [2.24, 2.45) is 0 Å². The average molecular weight is 166 g/mol. The van der Waals surface area contributed by atoms with Gasteiger partial charge in [-0.25, -0.2) is 4.39 Å². The number of alkyl halides is 1. The lowest BCUT2D eigenvalue weighted by atomic mass is 10.0. The predicted molar refractivity (Wildman–Crippen MR) is 33.5 cm³/mol. The van der Waals surface area contributed by atoms with E-state index in [0.717, 1.165) is 0 Å². The SMILES string of the molecule is OCC1OC(O)CC(O)[C@@H]1F. The van der Waals surface area contributed by atoms with Crippen LogP contribution in [0.1, 0.15) is 6.42 Å². The Kier molecular flexibility index (Phi) is 2.78. The Balaban J connectivity index is 2.51. The molecule has 0 aromatic heterocycles. The van der Waals surface area contributed by atoms with Gasteiger partial charge in [0.15, 0.2) is 12.5 Å². The molecular weight excluding hydrogens is 155 g/mol. The Morgan fingerprint density at radius 1 is 1.45 bits per heavy atom. The first-order chi connectivity index (χ1) is 5.15. The zero-order valence-corrected chi connectivity index (χ0v) is 5.85. The van der Waals surface area contributed by atoms with Crippen molar-refractivity contribution in [2.75, 3.05) is 6.61 Å². The van der Waals surface area contributed by atoms with Gasteiger partial charge in [-0.2, -0.15) is 0 Å². The first-order valence-electron chi connectivity index (χ1n) is 3.41. The lowest BCUT2D eigenvalue weighted by Crippen LogP contribution is -2.47. The highest BCUT2D eigenvalue weighted by Crippen LogP contribution is 2.20. The van der Waals surface area contributed by atoms with E-state index >= 15 is 0 Å². The molecule has 66 valence electrons. The monoisotopic (exact) mass is 166 g/mol. The molecule has 3 N–H and O–H groups in total. The number of ether oxygens (including phenoxy) is 1. The van der Waals surface area contributed by atoms with Crippen LogP contribution in [0.25, 0.3) is 0 Å². The van der Waals surface area contributed by atoms with E-state index in [2.05, 4.69) is 4.74 Å². The highest BCUT2D eigenvalue weighted by atomic mass is 19.1. The van der Waals surface area contributed by atoms with Crippen molar-refractivity contribution in [2.45, 2.75) is 31.1 Å². The molecule has 0 bridgehead atoms. The predicted octanol–water partition coefficient (Wildman–Crippen LogP) is -1.22. The number of hydrogen-bond donors (Lipinski definition) is 3. The molecule has 1 aliphatic heterocycles. The summed E-state index contributed by atoms with van der Waals surface area (Å²) in [7, 11) is 0. The van der Waals surface area contributed by atoms with E-state index in [1.807, 2.05) is 0 Å². The molecule has 1 fully saturated rings. The van der Waals surface area contributed by atoms with Crippen molar-refractivity contribution in [1.29, 1.82) is 0 Å². The Morgan fingerprint density at radius 2 is 2.09 bits per heavy atom. The molecule has 0 radical (unpaired) electrons. The zero-order chi connectivity index (χ0) is 8.43. The highest BCUT2D eigenvalue weighted by Gasteiger charge is 2.36. The fourth-order valence-corrected chi connectivity index (χ4v) is 1.06. The van der Waals surface area contributed by atoms with Crippen molar-refractivity contribution >= 4 is 0 Å². The molecule has 0 aliphatic carbocycles. The summed E-state index contributed by atoms with van der Waals surface area (Å²) in [5.41, 5.74) is 0. The molecule has 0 aromatic rings. The van der Waals surface area contributed by atoms with Crippen LogP contribution in [0.3, 0.4) is 0 Å². The standard InChI is InChI=1S/C6H11FO4/c7-6-3(9)1-5(10)11-4(6)2-8/h3-6,8-10H,1-2H2/t3?,4?,5?,6-/m0/s1. The second kappa shape index (κ2) is 3.44. The third kappa shape index (κ3) is 1.87. The summed E-state index contributed by atoms with van der Waals surface area (Å²) < 4.78 is 17.4. The fourth-order valence-electron chi connectivity index (χ4n) is 1.06. The Morgan fingerprint density at radius 3 is 2.64 bits per heavy atom. The Hall–Kier alpha value is -0.230. The van der Waals surface area contributed by atoms with Crippen molar-refractivity contribution in [1.82, 2.24) is 0 Å². The zero-order valence-electron chi connectivity index (χ0n) is 5.85. The summed E-state index contributed by atoms with van der Waals surface area (Å²) in [6.07, 6.45) is -5.26. The van der Waals surface area contributed by atoms with Crippen LogP contribution in [0, 0.1) is 0 Å². The summed E-state index contributed by atoms with van der Waals surface area (Å²) in [5, 5.41) is 26.3. The minimum Gasteiger partial charge on any atom is -0.394 e. The van der Waals surface area contributed by atoms with Crippen LogP contribution in [0.15, 0.2) is 0 Å². The highest BCUT2D eigenvalue weighted by molar-refractivity contribution is 4.81. The van der Waals surface area contributed by atoms with Gasteiger partial charge in [-0.15, -0.1) is 0 Å². The van der Waals surface area contributed by atoms with Gasteiger partial charge in [-0.3, -0.25) is 0 Å². The smallest absolute Gasteiger partial charge is 0.157 e. The van der Waals surface area contributed by atoms with Crippen molar-refractivity contribution < 1.29 is 24.4 Å². The third-order valence-corrected chi connectivity index (χ3v) is 1.68. The number of aliphatic hydroxyl groups excluding tert-OH is 3. The van der Waals surface area contributed by atoms with E-state index in [0.29, 0.717) is 0 Å². The minimum atomic E-state index is -1.61. The van der Waals surface area contributed by atoms with Crippen LogP contribution in [0.4, 0.5) is 4.39 Å². The fraction of sp³-hybridized carbons (Fsp3) is 1.00. The Bertz CT molecular complexity index is 132. The van der Waals surface area contributed by atoms with E-state index in [9.17, 15) is 4.39 Å². The van der Waals surface area contributed by atoms with Gasteiger partial charge in [0.05, 0.1) is 12.7 Å². The molecule has 0 aromatic carbocycles. The summed E-state index contributed by atoms with van der Waals surface area (Å²) in [6.45, 7) is -0.532. The van der Waals surface area contributed by atoms with Gasteiger partial charge in [-0.1, -0.05) is 0 Å². The van der Waals surface area contributed by atoms with Crippen LogP contribution in [0.2, 0.25) is 0 Å². The molecule has 0 amide bonds. The van der Waals surface area contributed by atoms with Gasteiger partial charge in [-0.05, 0) is 0 Å². The maximum absolute atomic E-state index is 12.8. The third-order valence-electron chi connectivity index (χ3n) is 1.68. The molecule has 1 aliphatic rings. The number of halogens is 1. The quantitative estimate of drug-likeness (QED) is 0.457. The molecule has 1 heterocycles. The van der Waals surface area contributed by atoms with Gasteiger partial charge in [0.2, 0.25) is 0 Å². The molecule has 5 heteroatoms. The van der Waals surface area contributed by atoms with E-state index in [-0.39, 0.29) is 6.42 Å². The summed E-state index contributed by atoms with van der Waals surface area (Å²) in [4.78, 5) is 0. The van der Waals surface area contributed by atoms with Crippen molar-refractivity contribution in [3.63, 3.8) is 0 Å². The molecule has 0 saturated carbocycles. The number of aliphatic hydroxyl groups is 3. The molecule has 11 heavy (non-hydrogen) atoms. The van der Waals surface area contributed by atoms with Crippen LogP contribution in [-0.4, -0.2) is 46.6 Å². The molecule has 1 saturated heterocycles. The van der Waals surface area contributed by atoms with Crippen LogP contribution in [0.5, 0.6) is 0 Å². The maximum Gasteiger partial charge on any atom is 0.157 e. The van der Waals surface area contributed by atoms with Crippen molar-refractivity contribution in [3.8, 4) is 0 Å². The van der Waals surface area contributed by atoms with Crippen LogP contribution >= 0.6 is 0 Å². The summed E-state index contributed by atoms with van der Waals surface area (Å²) >= 11 is 0. The first-order valence-corrected chi connectivity index (χ1v) is 3.41. The maximum atomic E-state index is 12.8. The lowest BCUT2D eigenvalue weighted by molar-refractivity contribution is -0.224. The van der Waals surface area contributed by atoms with Gasteiger partial charge < -0.3 is 20.1 Å². The molecule has 4 nitrogen and oxygen atoms in total. The van der Waals surface area contributed by atoms with Gasteiger partial charge in [0.1, 0.15) is 6.10 Å². The van der Waals surface area contributed by atoms with Gasteiger partial charge in [0.25, 0.3) is 0 Å².